The number of hydrogen-bond donors (Lipinski definition) is 0. The van der Waals surface area contributed by atoms with Gasteiger partial charge in [-0.25, -0.2) is 13.6 Å². The Morgan fingerprint density at radius 1 is 1.38 bits per heavy atom. The molecule has 4 nitrogen and oxygen atoms in total. The van der Waals surface area contributed by atoms with Crippen LogP contribution in [-0.2, 0) is 4.74 Å². The average Bonchev–Trinajstić information content (AvgIpc) is 2.13. The first kappa shape index (κ1) is 9.79. The number of carbonyl (C=O) groups is 1. The molecular weight excluding hydrogens is 206 g/mol. The van der Waals surface area contributed by atoms with Gasteiger partial charge in [-0.05, 0) is 0 Å². The largest absolute Gasteiger partial charge is 0.464 e. The lowest BCUT2D eigenvalue weighted by Gasteiger charge is -1.99. The molecule has 1 aromatic rings. The minimum Gasteiger partial charge on any atom is -0.464 e. The molecule has 0 aliphatic carbocycles. The zero-order valence-electron chi connectivity index (χ0n) is 6.34. The third-order valence-electron chi connectivity index (χ3n) is 1.20. The van der Waals surface area contributed by atoms with Gasteiger partial charge in [-0.15, -0.1) is 10.2 Å². The van der Waals surface area contributed by atoms with E-state index < -0.39 is 28.5 Å². The molecule has 0 radical (unpaired) electrons. The van der Waals surface area contributed by atoms with Crippen LogP contribution < -0.4 is 0 Å². The molecule has 0 fully saturated rings. The van der Waals surface area contributed by atoms with Gasteiger partial charge in [0.1, 0.15) is 0 Å². The second-order valence-electron chi connectivity index (χ2n) is 1.96. The summed E-state index contributed by atoms with van der Waals surface area (Å²) >= 11 is 5.09. The summed E-state index contributed by atoms with van der Waals surface area (Å²) in [7, 11) is 1.01. The Balaban J connectivity index is 3.26. The van der Waals surface area contributed by atoms with Crippen molar-refractivity contribution in [3.8, 4) is 0 Å². The zero-order valence-corrected chi connectivity index (χ0v) is 7.10. The molecule has 0 aliphatic heterocycles. The van der Waals surface area contributed by atoms with Crippen LogP contribution in [-0.4, -0.2) is 23.3 Å². The molecule has 0 atom stereocenters. The number of carbonyl (C=O) groups excluding carboxylic acids is 1. The molecule has 0 amide bonds. The van der Waals surface area contributed by atoms with E-state index in [1.54, 1.807) is 0 Å². The molecule has 0 saturated carbocycles. The van der Waals surface area contributed by atoms with Gasteiger partial charge in [-0.1, -0.05) is 11.6 Å². The molecule has 0 N–H and O–H groups in total. The molecule has 0 saturated heterocycles. The van der Waals surface area contributed by atoms with Crippen molar-refractivity contribution in [3.05, 3.63) is 22.5 Å². The van der Waals surface area contributed by atoms with Crippen LogP contribution in [0, 0.1) is 11.6 Å². The highest BCUT2D eigenvalue weighted by Gasteiger charge is 2.21. The molecule has 0 bridgehead atoms. The Labute approximate surface area is 76.5 Å². The first-order chi connectivity index (χ1) is 6.07. The van der Waals surface area contributed by atoms with Crippen LogP contribution >= 0.6 is 11.6 Å². The predicted molar refractivity (Wildman–Crippen MR) is 38.3 cm³/mol. The van der Waals surface area contributed by atoms with Crippen molar-refractivity contribution < 1.29 is 18.3 Å². The Morgan fingerprint density at radius 3 is 2.54 bits per heavy atom. The standard InChI is InChI=1S/C6H3ClF2N2O2/c1-13-6(12)4-2(8)3(9)5(7)11-10-4/h1H3. The lowest BCUT2D eigenvalue weighted by atomic mass is 10.3. The van der Waals surface area contributed by atoms with Gasteiger partial charge in [0, 0.05) is 0 Å². The molecule has 1 rings (SSSR count). The number of nitrogens with zero attached hydrogens (tertiary/aromatic N) is 2. The summed E-state index contributed by atoms with van der Waals surface area (Å²) in [6, 6.07) is 0. The third-order valence-corrected chi connectivity index (χ3v) is 1.44. The monoisotopic (exact) mass is 208 g/mol. The molecule has 1 heterocycles. The number of aromatic nitrogens is 2. The lowest BCUT2D eigenvalue weighted by molar-refractivity contribution is 0.0585. The van der Waals surface area contributed by atoms with E-state index >= 15 is 0 Å². The van der Waals surface area contributed by atoms with Crippen LogP contribution in [0.3, 0.4) is 0 Å². The van der Waals surface area contributed by atoms with Crippen LogP contribution in [0.5, 0.6) is 0 Å². The molecule has 0 aromatic carbocycles. The van der Waals surface area contributed by atoms with Gasteiger partial charge >= 0.3 is 5.97 Å². The van der Waals surface area contributed by atoms with Crippen LogP contribution in [0.2, 0.25) is 5.15 Å². The molecule has 13 heavy (non-hydrogen) atoms. The number of methoxy groups -OCH3 is 1. The Kier molecular flexibility index (Phi) is 2.72. The van der Waals surface area contributed by atoms with Gasteiger partial charge < -0.3 is 4.74 Å². The van der Waals surface area contributed by atoms with Crippen molar-refractivity contribution in [1.82, 2.24) is 10.2 Å². The quantitative estimate of drug-likeness (QED) is 0.651. The molecule has 0 spiro atoms. The summed E-state index contributed by atoms with van der Waals surface area (Å²) in [5.74, 6) is -4.00. The van der Waals surface area contributed by atoms with Gasteiger partial charge in [0.15, 0.2) is 11.0 Å². The summed E-state index contributed by atoms with van der Waals surface area (Å²) in [5, 5.41) is 5.31. The Morgan fingerprint density at radius 2 is 2.00 bits per heavy atom. The van der Waals surface area contributed by atoms with Crippen LogP contribution in [0.1, 0.15) is 10.5 Å². The Hall–Kier alpha value is -1.30. The number of rotatable bonds is 1. The topological polar surface area (TPSA) is 52.1 Å². The summed E-state index contributed by atoms with van der Waals surface area (Å²) < 4.78 is 29.6. The van der Waals surface area contributed by atoms with Crippen LogP contribution in [0.4, 0.5) is 8.78 Å². The maximum absolute atomic E-state index is 12.8. The fourth-order valence-corrected chi connectivity index (χ4v) is 0.724. The molecule has 7 heteroatoms. The van der Waals surface area contributed by atoms with Crippen molar-refractivity contribution in [2.45, 2.75) is 0 Å². The van der Waals surface area contributed by atoms with Gasteiger partial charge in [0.2, 0.25) is 11.5 Å². The van der Waals surface area contributed by atoms with Gasteiger partial charge in [-0.2, -0.15) is 0 Å². The van der Waals surface area contributed by atoms with Crippen LogP contribution in [0.15, 0.2) is 0 Å². The average molecular weight is 209 g/mol. The third kappa shape index (κ3) is 1.72. The molecule has 0 aliphatic rings. The first-order valence-corrected chi connectivity index (χ1v) is 3.41. The number of esters is 1. The number of hydrogen-bond acceptors (Lipinski definition) is 4. The second-order valence-corrected chi connectivity index (χ2v) is 2.32. The molecule has 70 valence electrons. The van der Waals surface area contributed by atoms with Crippen molar-refractivity contribution in [2.75, 3.05) is 7.11 Å². The molecule has 1 aromatic heterocycles. The molecule has 0 unspecified atom stereocenters. The van der Waals surface area contributed by atoms with Gasteiger partial charge in [0.05, 0.1) is 7.11 Å². The normalized spacial score (nSPS) is 9.85. The van der Waals surface area contributed by atoms with Crippen molar-refractivity contribution in [2.24, 2.45) is 0 Å². The fourth-order valence-electron chi connectivity index (χ4n) is 0.603. The van der Waals surface area contributed by atoms with Crippen molar-refractivity contribution >= 4 is 17.6 Å². The highest BCUT2D eigenvalue weighted by atomic mass is 35.5. The van der Waals surface area contributed by atoms with E-state index in [9.17, 15) is 13.6 Å². The minimum atomic E-state index is -1.47. The fraction of sp³-hybridized carbons (Fsp3) is 0.167. The van der Waals surface area contributed by atoms with Crippen LogP contribution in [0.25, 0.3) is 0 Å². The maximum atomic E-state index is 12.8. The van der Waals surface area contributed by atoms with E-state index in [1.807, 2.05) is 0 Å². The van der Waals surface area contributed by atoms with E-state index in [2.05, 4.69) is 14.9 Å². The zero-order chi connectivity index (χ0) is 10.0. The van der Waals surface area contributed by atoms with Gasteiger partial charge in [0.25, 0.3) is 0 Å². The van der Waals surface area contributed by atoms with E-state index in [1.165, 1.54) is 0 Å². The smallest absolute Gasteiger partial charge is 0.361 e. The second kappa shape index (κ2) is 3.61. The van der Waals surface area contributed by atoms with Gasteiger partial charge in [-0.3, -0.25) is 0 Å². The highest BCUT2D eigenvalue weighted by molar-refractivity contribution is 6.29. The SMILES string of the molecule is COC(=O)c1nnc(Cl)c(F)c1F. The van der Waals surface area contributed by atoms with Crippen molar-refractivity contribution in [3.63, 3.8) is 0 Å². The number of halogens is 3. The Bertz CT molecular complexity index is 359. The minimum absolute atomic E-state index is 0.731. The maximum Gasteiger partial charge on any atom is 0.361 e. The summed E-state index contributed by atoms with van der Waals surface area (Å²) in [5.41, 5.74) is -0.829. The van der Waals surface area contributed by atoms with E-state index in [0.29, 0.717) is 0 Å². The summed E-state index contributed by atoms with van der Waals surface area (Å²) in [6.45, 7) is 0. The predicted octanol–water partition coefficient (Wildman–Crippen LogP) is 1.19. The number of ether oxygens (including phenoxy) is 1. The van der Waals surface area contributed by atoms with E-state index in [4.69, 9.17) is 11.6 Å². The van der Waals surface area contributed by atoms with E-state index in [0.717, 1.165) is 7.11 Å². The highest BCUT2D eigenvalue weighted by Crippen LogP contribution is 2.15. The first-order valence-electron chi connectivity index (χ1n) is 3.03. The lowest BCUT2D eigenvalue weighted by Crippen LogP contribution is -2.11. The molecular formula is C6H3ClF2N2O2. The summed E-state index contributed by atoms with van der Waals surface area (Å²) in [6.07, 6.45) is 0. The van der Waals surface area contributed by atoms with Crippen molar-refractivity contribution in [1.29, 1.82) is 0 Å². The summed E-state index contributed by atoms with van der Waals surface area (Å²) in [4.78, 5) is 10.7. The van der Waals surface area contributed by atoms with E-state index in [-0.39, 0.29) is 0 Å².